The van der Waals surface area contributed by atoms with E-state index in [9.17, 15) is 9.59 Å². The molecule has 1 amide bonds. The molecule has 1 saturated heterocycles. The van der Waals surface area contributed by atoms with Crippen molar-refractivity contribution in [3.63, 3.8) is 0 Å². The van der Waals surface area contributed by atoms with E-state index in [1.807, 2.05) is 56.0 Å². The molecular formula is C29H36N2O4. The summed E-state index contributed by atoms with van der Waals surface area (Å²) in [6.07, 6.45) is 5.58. The molecule has 2 fully saturated rings. The van der Waals surface area contributed by atoms with Gasteiger partial charge in [0.2, 0.25) is 0 Å². The highest BCUT2D eigenvalue weighted by Gasteiger charge is 2.46. The molecule has 35 heavy (non-hydrogen) atoms. The third kappa shape index (κ3) is 6.87. The fourth-order valence-corrected chi connectivity index (χ4v) is 4.87. The van der Waals surface area contributed by atoms with Crippen molar-refractivity contribution < 1.29 is 19.4 Å². The molecule has 0 bridgehead atoms. The van der Waals surface area contributed by atoms with E-state index in [4.69, 9.17) is 9.84 Å². The Balaban J connectivity index is 1.36. The van der Waals surface area contributed by atoms with E-state index >= 15 is 0 Å². The number of rotatable bonds is 7. The minimum absolute atomic E-state index is 0.201. The summed E-state index contributed by atoms with van der Waals surface area (Å²) in [5, 5.41) is 8.79. The van der Waals surface area contributed by atoms with Crippen LogP contribution < -0.4 is 4.90 Å². The normalized spacial score (nSPS) is 20.6. The second-order valence-corrected chi connectivity index (χ2v) is 10.6. The Bertz CT molecular complexity index is 1030. The minimum atomic E-state index is -0.946. The number of carboxylic acid groups (broad SMARTS) is 1. The molecule has 4 rings (SSSR count). The summed E-state index contributed by atoms with van der Waals surface area (Å²) in [4.78, 5) is 28.2. The highest BCUT2D eigenvalue weighted by atomic mass is 16.6. The number of carboxylic acids is 1. The first kappa shape index (κ1) is 24.8. The van der Waals surface area contributed by atoms with E-state index in [0.717, 1.165) is 56.2 Å². The first-order valence-corrected chi connectivity index (χ1v) is 12.5. The van der Waals surface area contributed by atoms with Crippen LogP contribution in [0.25, 0.3) is 6.08 Å². The van der Waals surface area contributed by atoms with Crippen molar-refractivity contribution in [3.05, 3.63) is 71.8 Å². The molecule has 2 aromatic rings. The number of piperidine rings is 1. The lowest BCUT2D eigenvalue weighted by Gasteiger charge is -2.36. The third-order valence-electron chi connectivity index (χ3n) is 6.76. The van der Waals surface area contributed by atoms with Crippen LogP contribution in [0.15, 0.2) is 60.7 Å². The van der Waals surface area contributed by atoms with Gasteiger partial charge in [0.05, 0.1) is 0 Å². The largest absolute Gasteiger partial charge is 0.478 e. The van der Waals surface area contributed by atoms with Crippen LogP contribution >= 0.6 is 0 Å². The summed E-state index contributed by atoms with van der Waals surface area (Å²) in [5.41, 5.74) is 2.80. The van der Waals surface area contributed by atoms with E-state index in [1.54, 1.807) is 6.08 Å². The van der Waals surface area contributed by atoms with Gasteiger partial charge in [-0.15, -0.1) is 0 Å². The topological polar surface area (TPSA) is 70.1 Å². The Kier molecular flexibility index (Phi) is 7.48. The maximum atomic E-state index is 13.2. The highest BCUT2D eigenvalue weighted by molar-refractivity contribution is 5.85. The number of aliphatic carboxylic acids is 1. The van der Waals surface area contributed by atoms with E-state index in [1.165, 1.54) is 5.56 Å². The van der Waals surface area contributed by atoms with Crippen molar-refractivity contribution in [3.8, 4) is 0 Å². The molecule has 1 heterocycles. The van der Waals surface area contributed by atoms with Gasteiger partial charge in [-0.25, -0.2) is 9.59 Å². The Morgan fingerprint density at radius 3 is 2.31 bits per heavy atom. The van der Waals surface area contributed by atoms with Gasteiger partial charge < -0.3 is 19.6 Å². The molecule has 2 aliphatic rings. The van der Waals surface area contributed by atoms with Gasteiger partial charge >= 0.3 is 12.1 Å². The van der Waals surface area contributed by atoms with Gasteiger partial charge in [0.15, 0.2) is 0 Å². The fraction of sp³-hybridized carbons (Fsp3) is 0.448. The predicted octanol–water partition coefficient (Wildman–Crippen LogP) is 5.79. The second kappa shape index (κ2) is 10.5. The summed E-state index contributed by atoms with van der Waals surface area (Å²) in [6.45, 7) is 8.37. The molecule has 0 aromatic heterocycles. The maximum Gasteiger partial charge on any atom is 0.410 e. The zero-order chi connectivity index (χ0) is 25.0. The van der Waals surface area contributed by atoms with Crippen molar-refractivity contribution in [2.45, 2.75) is 57.6 Å². The van der Waals surface area contributed by atoms with Crippen LogP contribution in [0.5, 0.6) is 0 Å². The average Bonchev–Trinajstić information content (AvgIpc) is 3.62. The van der Waals surface area contributed by atoms with Crippen molar-refractivity contribution in [2.24, 2.45) is 5.92 Å². The molecule has 0 radical (unpaired) electrons. The van der Waals surface area contributed by atoms with E-state index in [-0.39, 0.29) is 12.1 Å². The van der Waals surface area contributed by atoms with E-state index in [0.29, 0.717) is 11.8 Å². The zero-order valence-corrected chi connectivity index (χ0v) is 20.9. The molecule has 1 aliphatic carbocycles. The molecule has 1 N–H and O–H groups in total. The van der Waals surface area contributed by atoms with Crippen LogP contribution in [0, 0.1) is 5.92 Å². The lowest BCUT2D eigenvalue weighted by atomic mass is 9.95. The van der Waals surface area contributed by atoms with Gasteiger partial charge in [-0.2, -0.15) is 0 Å². The van der Waals surface area contributed by atoms with Crippen molar-refractivity contribution in [1.29, 1.82) is 0 Å². The molecule has 6 nitrogen and oxygen atoms in total. The Morgan fingerprint density at radius 1 is 1.06 bits per heavy atom. The van der Waals surface area contributed by atoms with Crippen LogP contribution in [0.3, 0.4) is 0 Å². The van der Waals surface area contributed by atoms with Crippen LogP contribution in [-0.2, 0) is 9.53 Å². The molecular weight excluding hydrogens is 440 g/mol. The van der Waals surface area contributed by atoms with Gasteiger partial charge in [-0.05, 0) is 75.3 Å². The van der Waals surface area contributed by atoms with Gasteiger partial charge in [0.1, 0.15) is 5.60 Å². The number of benzene rings is 2. The predicted molar refractivity (Wildman–Crippen MR) is 139 cm³/mol. The number of ether oxygens (including phenoxy) is 1. The summed E-state index contributed by atoms with van der Waals surface area (Å²) in [7, 11) is 0. The van der Waals surface area contributed by atoms with Crippen LogP contribution in [0.4, 0.5) is 10.5 Å². The van der Waals surface area contributed by atoms with Gasteiger partial charge in [-0.1, -0.05) is 42.5 Å². The van der Waals surface area contributed by atoms with E-state index < -0.39 is 11.6 Å². The summed E-state index contributed by atoms with van der Waals surface area (Å²) in [5.74, 6) is -0.121. The van der Waals surface area contributed by atoms with Crippen LogP contribution in [0.2, 0.25) is 0 Å². The van der Waals surface area contributed by atoms with Crippen molar-refractivity contribution in [2.75, 3.05) is 24.5 Å². The minimum Gasteiger partial charge on any atom is -0.478 e. The summed E-state index contributed by atoms with van der Waals surface area (Å²) < 4.78 is 5.80. The SMILES string of the molecule is CC(C)(C)OC(=O)N(CC1CCN(c2ccc(/C=C/C(=O)O)cc2)CC1)C1CC1c1ccccc1. The quantitative estimate of drug-likeness (QED) is 0.512. The molecule has 186 valence electrons. The zero-order valence-electron chi connectivity index (χ0n) is 20.9. The Morgan fingerprint density at radius 2 is 1.71 bits per heavy atom. The van der Waals surface area contributed by atoms with Gasteiger partial charge in [0, 0.05) is 43.4 Å². The van der Waals surface area contributed by atoms with Crippen molar-refractivity contribution >= 4 is 23.8 Å². The fourth-order valence-electron chi connectivity index (χ4n) is 4.87. The molecule has 1 saturated carbocycles. The lowest BCUT2D eigenvalue weighted by molar-refractivity contribution is -0.131. The molecule has 2 unspecified atom stereocenters. The van der Waals surface area contributed by atoms with Gasteiger partial charge in [-0.3, -0.25) is 0 Å². The standard InChI is InChI=1S/C29H36N2O4/c1-29(2,3)35-28(34)31(26-19-25(26)23-7-5-4-6-8-23)20-22-15-17-30(18-16-22)24-12-9-21(10-13-24)11-14-27(32)33/h4-14,22,25-26H,15-20H2,1-3H3,(H,32,33)/b14-11+. The van der Waals surface area contributed by atoms with Gasteiger partial charge in [0.25, 0.3) is 0 Å². The van der Waals surface area contributed by atoms with Crippen molar-refractivity contribution in [1.82, 2.24) is 4.90 Å². The molecule has 2 aromatic carbocycles. The Hall–Kier alpha value is -3.28. The highest BCUT2D eigenvalue weighted by Crippen LogP contribution is 2.45. The van der Waals surface area contributed by atoms with Crippen LogP contribution in [0.1, 0.15) is 57.1 Å². The number of carbonyl (C=O) groups is 2. The number of hydrogen-bond acceptors (Lipinski definition) is 4. The maximum absolute atomic E-state index is 13.2. The third-order valence-corrected chi connectivity index (χ3v) is 6.76. The number of nitrogens with zero attached hydrogens (tertiary/aromatic N) is 2. The first-order valence-electron chi connectivity index (χ1n) is 12.5. The van der Waals surface area contributed by atoms with E-state index in [2.05, 4.69) is 29.2 Å². The summed E-state index contributed by atoms with van der Waals surface area (Å²) >= 11 is 0. The number of hydrogen-bond donors (Lipinski definition) is 1. The second-order valence-electron chi connectivity index (χ2n) is 10.6. The van der Waals surface area contributed by atoms with Crippen LogP contribution in [-0.4, -0.2) is 53.3 Å². The number of amides is 1. The molecule has 6 heteroatoms. The average molecular weight is 477 g/mol. The monoisotopic (exact) mass is 476 g/mol. The number of carbonyl (C=O) groups excluding carboxylic acids is 1. The summed E-state index contributed by atoms with van der Waals surface area (Å²) in [6, 6.07) is 18.6. The Labute approximate surface area is 208 Å². The smallest absolute Gasteiger partial charge is 0.410 e. The molecule has 0 spiro atoms. The molecule has 2 atom stereocenters. The first-order chi connectivity index (χ1) is 16.7. The number of anilines is 1. The molecule has 1 aliphatic heterocycles. The lowest BCUT2D eigenvalue weighted by Crippen LogP contribution is -2.44.